The first-order valence-electron chi connectivity index (χ1n) is 5.02. The number of phenolic OH excluding ortho intramolecular Hbond substituents is 2. The molecular weight excluding hydrogens is 178 g/mol. The van der Waals surface area contributed by atoms with Crippen molar-refractivity contribution < 1.29 is 10.2 Å². The van der Waals surface area contributed by atoms with Crippen LogP contribution in [0.25, 0.3) is 0 Å². The van der Waals surface area contributed by atoms with Crippen molar-refractivity contribution in [2.75, 3.05) is 6.54 Å². The second-order valence-electron chi connectivity index (χ2n) is 3.75. The molecule has 3 N–H and O–H groups in total. The van der Waals surface area contributed by atoms with Crippen molar-refractivity contribution in [2.24, 2.45) is 0 Å². The van der Waals surface area contributed by atoms with Crippen LogP contribution in [0, 0.1) is 0 Å². The van der Waals surface area contributed by atoms with E-state index >= 15 is 0 Å². The number of aromatic hydroxyl groups is 2. The van der Waals surface area contributed by atoms with Gasteiger partial charge in [-0.3, -0.25) is 0 Å². The van der Waals surface area contributed by atoms with Crippen LogP contribution in [0.4, 0.5) is 0 Å². The number of hydrogen-bond acceptors (Lipinski definition) is 3. The van der Waals surface area contributed by atoms with Crippen LogP contribution in [0.3, 0.4) is 0 Å². The SMILES string of the molecule is Oc1ccc(O)c([C@H]2CCCCN2)c1. The van der Waals surface area contributed by atoms with Crippen LogP contribution in [-0.2, 0) is 0 Å². The van der Waals surface area contributed by atoms with Gasteiger partial charge in [-0.25, -0.2) is 0 Å². The molecular formula is C11H15NO2. The average molecular weight is 193 g/mol. The molecule has 0 spiro atoms. The third-order valence-corrected chi connectivity index (χ3v) is 2.70. The Kier molecular flexibility index (Phi) is 2.59. The second-order valence-corrected chi connectivity index (χ2v) is 3.75. The highest BCUT2D eigenvalue weighted by molar-refractivity contribution is 5.40. The Bertz CT molecular complexity index is 319. The summed E-state index contributed by atoms with van der Waals surface area (Å²) in [5.74, 6) is 0.479. The monoisotopic (exact) mass is 193 g/mol. The van der Waals surface area contributed by atoms with E-state index in [0.717, 1.165) is 18.5 Å². The summed E-state index contributed by atoms with van der Waals surface area (Å²) >= 11 is 0. The van der Waals surface area contributed by atoms with Gasteiger partial charge in [-0.15, -0.1) is 0 Å². The number of benzene rings is 1. The Morgan fingerprint density at radius 3 is 2.79 bits per heavy atom. The molecule has 76 valence electrons. The quantitative estimate of drug-likeness (QED) is 0.597. The van der Waals surface area contributed by atoms with E-state index in [1.807, 2.05) is 0 Å². The Morgan fingerprint density at radius 1 is 1.21 bits per heavy atom. The fraction of sp³-hybridized carbons (Fsp3) is 0.455. The van der Waals surface area contributed by atoms with Gasteiger partial charge in [0.1, 0.15) is 11.5 Å². The molecule has 1 fully saturated rings. The van der Waals surface area contributed by atoms with Crippen LogP contribution >= 0.6 is 0 Å². The average Bonchev–Trinajstić information content (AvgIpc) is 2.23. The van der Waals surface area contributed by atoms with Crippen molar-refractivity contribution >= 4 is 0 Å². The standard InChI is InChI=1S/C11H15NO2/c13-8-4-5-11(14)9(7-8)10-3-1-2-6-12-10/h4-5,7,10,12-14H,1-3,6H2/t10-/m1/s1. The molecule has 0 unspecified atom stereocenters. The van der Waals surface area contributed by atoms with Gasteiger partial charge in [0.15, 0.2) is 0 Å². The third kappa shape index (κ3) is 1.82. The second kappa shape index (κ2) is 3.88. The smallest absolute Gasteiger partial charge is 0.120 e. The van der Waals surface area contributed by atoms with Crippen molar-refractivity contribution in [3.05, 3.63) is 23.8 Å². The first-order valence-corrected chi connectivity index (χ1v) is 5.02. The van der Waals surface area contributed by atoms with Crippen molar-refractivity contribution in [3.63, 3.8) is 0 Å². The van der Waals surface area contributed by atoms with Crippen molar-refractivity contribution in [1.82, 2.24) is 5.32 Å². The molecule has 1 aromatic rings. The van der Waals surface area contributed by atoms with Crippen molar-refractivity contribution in [1.29, 1.82) is 0 Å². The van der Waals surface area contributed by atoms with E-state index in [1.54, 1.807) is 12.1 Å². The van der Waals surface area contributed by atoms with Crippen LogP contribution in [0.1, 0.15) is 30.9 Å². The van der Waals surface area contributed by atoms with Crippen LogP contribution in [0.5, 0.6) is 11.5 Å². The molecule has 3 heteroatoms. The van der Waals surface area contributed by atoms with E-state index in [2.05, 4.69) is 5.32 Å². The lowest BCUT2D eigenvalue weighted by Crippen LogP contribution is -2.26. The maximum Gasteiger partial charge on any atom is 0.120 e. The number of rotatable bonds is 1. The van der Waals surface area contributed by atoms with E-state index in [4.69, 9.17) is 0 Å². The highest BCUT2D eigenvalue weighted by atomic mass is 16.3. The van der Waals surface area contributed by atoms with Gasteiger partial charge < -0.3 is 15.5 Å². The predicted octanol–water partition coefficient (Wildman–Crippen LogP) is 1.91. The number of nitrogens with one attached hydrogen (secondary N) is 1. The van der Waals surface area contributed by atoms with Crippen LogP contribution in [0.15, 0.2) is 18.2 Å². The minimum atomic E-state index is 0.191. The lowest BCUT2D eigenvalue weighted by atomic mass is 9.97. The summed E-state index contributed by atoms with van der Waals surface area (Å²) in [4.78, 5) is 0. The molecule has 1 aromatic carbocycles. The van der Waals surface area contributed by atoms with Gasteiger partial charge in [0.25, 0.3) is 0 Å². The lowest BCUT2D eigenvalue weighted by Gasteiger charge is -2.24. The topological polar surface area (TPSA) is 52.5 Å². The normalized spacial score (nSPS) is 22.1. The van der Waals surface area contributed by atoms with Gasteiger partial charge in [0.2, 0.25) is 0 Å². The highest BCUT2D eigenvalue weighted by Crippen LogP contribution is 2.32. The van der Waals surface area contributed by atoms with Crippen molar-refractivity contribution in [2.45, 2.75) is 25.3 Å². The fourth-order valence-corrected chi connectivity index (χ4v) is 1.94. The largest absolute Gasteiger partial charge is 0.508 e. The van der Waals surface area contributed by atoms with Gasteiger partial charge >= 0.3 is 0 Å². The molecule has 0 aromatic heterocycles. The van der Waals surface area contributed by atoms with Gasteiger partial charge in [-0.1, -0.05) is 6.42 Å². The molecule has 14 heavy (non-hydrogen) atoms. The Hall–Kier alpha value is -1.22. The summed E-state index contributed by atoms with van der Waals surface area (Å²) in [7, 11) is 0. The van der Waals surface area contributed by atoms with Gasteiger partial charge in [0, 0.05) is 11.6 Å². The molecule has 0 saturated carbocycles. The van der Waals surface area contributed by atoms with Crippen LogP contribution in [0.2, 0.25) is 0 Å². The Morgan fingerprint density at radius 2 is 2.07 bits per heavy atom. The van der Waals surface area contributed by atoms with Gasteiger partial charge in [-0.05, 0) is 37.6 Å². The van der Waals surface area contributed by atoms with Gasteiger partial charge in [-0.2, -0.15) is 0 Å². The summed E-state index contributed by atoms with van der Waals surface area (Å²) < 4.78 is 0. The zero-order valence-corrected chi connectivity index (χ0v) is 8.03. The molecule has 0 bridgehead atoms. The third-order valence-electron chi connectivity index (χ3n) is 2.70. The highest BCUT2D eigenvalue weighted by Gasteiger charge is 2.17. The van der Waals surface area contributed by atoms with E-state index in [0.29, 0.717) is 0 Å². The summed E-state index contributed by atoms with van der Waals surface area (Å²) in [6.07, 6.45) is 3.39. The van der Waals surface area contributed by atoms with Crippen LogP contribution in [-0.4, -0.2) is 16.8 Å². The van der Waals surface area contributed by atoms with E-state index in [-0.39, 0.29) is 17.5 Å². The maximum absolute atomic E-state index is 9.64. The minimum absolute atomic E-state index is 0.191. The molecule has 0 amide bonds. The molecule has 1 aliphatic heterocycles. The Balaban J connectivity index is 2.24. The molecule has 3 nitrogen and oxygen atoms in total. The molecule has 0 radical (unpaired) electrons. The number of hydrogen-bond donors (Lipinski definition) is 3. The molecule has 1 saturated heterocycles. The predicted molar refractivity (Wildman–Crippen MR) is 54.4 cm³/mol. The molecule has 1 atom stereocenters. The maximum atomic E-state index is 9.64. The van der Waals surface area contributed by atoms with Crippen LogP contribution < -0.4 is 5.32 Å². The van der Waals surface area contributed by atoms with E-state index in [1.165, 1.54) is 18.9 Å². The van der Waals surface area contributed by atoms with E-state index in [9.17, 15) is 10.2 Å². The summed E-state index contributed by atoms with van der Waals surface area (Å²) in [5.41, 5.74) is 0.810. The molecule has 1 aliphatic rings. The summed E-state index contributed by atoms with van der Waals surface area (Å²) in [6.45, 7) is 0.986. The lowest BCUT2D eigenvalue weighted by molar-refractivity contribution is 0.387. The van der Waals surface area contributed by atoms with Crippen molar-refractivity contribution in [3.8, 4) is 11.5 Å². The summed E-state index contributed by atoms with van der Waals surface area (Å²) in [5, 5.41) is 22.3. The Labute approximate surface area is 83.4 Å². The zero-order valence-electron chi connectivity index (χ0n) is 8.03. The molecule has 1 heterocycles. The number of piperidine rings is 1. The number of phenols is 2. The molecule has 0 aliphatic carbocycles. The van der Waals surface area contributed by atoms with E-state index < -0.39 is 0 Å². The first kappa shape index (κ1) is 9.34. The molecule has 2 rings (SSSR count). The minimum Gasteiger partial charge on any atom is -0.508 e. The summed E-state index contributed by atoms with van der Waals surface area (Å²) in [6, 6.07) is 4.87. The zero-order chi connectivity index (χ0) is 9.97. The fourth-order valence-electron chi connectivity index (χ4n) is 1.94. The first-order chi connectivity index (χ1) is 6.77. The van der Waals surface area contributed by atoms with Gasteiger partial charge in [0.05, 0.1) is 0 Å².